The van der Waals surface area contributed by atoms with E-state index in [1.54, 1.807) is 30.9 Å². The van der Waals surface area contributed by atoms with E-state index in [9.17, 15) is 22.9 Å². The molecule has 0 radical (unpaired) electrons. The van der Waals surface area contributed by atoms with Crippen molar-refractivity contribution in [2.24, 2.45) is 0 Å². The van der Waals surface area contributed by atoms with Gasteiger partial charge in [-0.05, 0) is 79.2 Å². The van der Waals surface area contributed by atoms with E-state index in [0.717, 1.165) is 28.0 Å². The van der Waals surface area contributed by atoms with Crippen LogP contribution in [0, 0.1) is 0 Å². The highest BCUT2D eigenvalue weighted by Gasteiger charge is 2.22. The van der Waals surface area contributed by atoms with Gasteiger partial charge in [-0.2, -0.15) is 0 Å². The molecule has 3 N–H and O–H groups in total. The summed E-state index contributed by atoms with van der Waals surface area (Å²) in [6.07, 6.45) is 3.99. The maximum atomic E-state index is 13.5. The molecule has 206 valence electrons. The second-order valence-corrected chi connectivity index (χ2v) is 15.8. The third-order valence-corrected chi connectivity index (χ3v) is 10.9. The van der Waals surface area contributed by atoms with Gasteiger partial charge in [-0.25, -0.2) is 8.42 Å². The topological polar surface area (TPSA) is 116 Å². The summed E-state index contributed by atoms with van der Waals surface area (Å²) >= 11 is 13.1. The SMILES string of the molecule is CP(=O)(CCc1cc(Cl)c(CN[C@@H](Cc2cccc(S(C)(=O)=O)c2)C(=O)O)c(Cl)c1)c1ccc2[nH]ccc2c1. The number of aromatic amines is 1. The fourth-order valence-electron chi connectivity index (χ4n) is 4.39. The normalized spacial score (nSPS) is 14.3. The van der Waals surface area contributed by atoms with E-state index in [2.05, 4.69) is 10.3 Å². The van der Waals surface area contributed by atoms with Crippen LogP contribution in [0.4, 0.5) is 0 Å². The van der Waals surface area contributed by atoms with Crippen LogP contribution in [0.3, 0.4) is 0 Å². The number of aromatic nitrogens is 1. The zero-order chi connectivity index (χ0) is 28.4. The van der Waals surface area contributed by atoms with Crippen molar-refractivity contribution in [3.8, 4) is 0 Å². The van der Waals surface area contributed by atoms with Gasteiger partial charge in [0.05, 0.1) is 4.90 Å². The van der Waals surface area contributed by atoms with Crippen LogP contribution in [0.2, 0.25) is 10.0 Å². The van der Waals surface area contributed by atoms with E-state index in [-0.39, 0.29) is 17.9 Å². The van der Waals surface area contributed by atoms with Gasteiger partial charge in [0.25, 0.3) is 0 Å². The van der Waals surface area contributed by atoms with Gasteiger partial charge in [-0.15, -0.1) is 0 Å². The number of hydrogen-bond acceptors (Lipinski definition) is 5. The Kier molecular flexibility index (Phi) is 8.94. The fourth-order valence-corrected chi connectivity index (χ4v) is 7.49. The van der Waals surface area contributed by atoms with Gasteiger partial charge in [-0.3, -0.25) is 10.1 Å². The Balaban J connectivity index is 1.43. The molecule has 0 aliphatic rings. The summed E-state index contributed by atoms with van der Waals surface area (Å²) in [7, 11) is -6.04. The molecule has 1 aromatic heterocycles. The standard InChI is InChI=1S/C28H29Cl2N2O5PS/c1-38(35,21-6-7-26-20(16-21)8-10-31-26)11-9-19-13-24(29)23(25(30)14-19)17-32-27(28(33)34)15-18-4-3-5-22(12-18)39(2,36)37/h3-8,10,12-14,16,27,31-32H,9,11,15,17H2,1-2H3,(H,33,34)/t27-,38?/m0/s1. The van der Waals surface area contributed by atoms with E-state index in [4.69, 9.17) is 23.2 Å². The van der Waals surface area contributed by atoms with Gasteiger partial charge in [0.2, 0.25) is 0 Å². The molecule has 3 aromatic carbocycles. The van der Waals surface area contributed by atoms with Crippen molar-refractivity contribution < 1.29 is 22.9 Å². The van der Waals surface area contributed by atoms with Gasteiger partial charge in [-0.1, -0.05) is 35.3 Å². The lowest BCUT2D eigenvalue weighted by Gasteiger charge is -2.18. The van der Waals surface area contributed by atoms with E-state index in [1.807, 2.05) is 30.5 Å². The first-order chi connectivity index (χ1) is 18.3. The predicted molar refractivity (Wildman–Crippen MR) is 158 cm³/mol. The molecule has 0 aliphatic carbocycles. The number of aliphatic carboxylic acids is 1. The van der Waals surface area contributed by atoms with Crippen molar-refractivity contribution in [1.82, 2.24) is 10.3 Å². The van der Waals surface area contributed by atoms with Crippen LogP contribution in [0.1, 0.15) is 16.7 Å². The Morgan fingerprint density at radius 2 is 1.77 bits per heavy atom. The molecule has 0 bridgehead atoms. The lowest BCUT2D eigenvalue weighted by atomic mass is 10.0. The number of fused-ring (bicyclic) bond motifs is 1. The molecule has 0 saturated carbocycles. The summed E-state index contributed by atoms with van der Waals surface area (Å²) < 4.78 is 37.2. The molecule has 39 heavy (non-hydrogen) atoms. The number of carbonyl (C=O) groups is 1. The Morgan fingerprint density at radius 3 is 2.44 bits per heavy atom. The first-order valence-corrected chi connectivity index (χ1v) is 17.2. The van der Waals surface area contributed by atoms with Gasteiger partial charge < -0.3 is 14.7 Å². The summed E-state index contributed by atoms with van der Waals surface area (Å²) in [6, 6.07) is 16.5. The lowest BCUT2D eigenvalue weighted by molar-refractivity contribution is -0.139. The van der Waals surface area contributed by atoms with Crippen LogP contribution in [0.25, 0.3) is 10.9 Å². The van der Waals surface area contributed by atoms with E-state index in [0.29, 0.717) is 33.8 Å². The lowest BCUT2D eigenvalue weighted by Crippen LogP contribution is -2.38. The number of H-pyrrole nitrogens is 1. The minimum atomic E-state index is -3.41. The zero-order valence-electron chi connectivity index (χ0n) is 21.4. The highest BCUT2D eigenvalue weighted by atomic mass is 35.5. The number of halogens is 2. The van der Waals surface area contributed by atoms with Crippen molar-refractivity contribution >= 4 is 62.4 Å². The summed E-state index contributed by atoms with van der Waals surface area (Å²) in [5.41, 5.74) is 2.96. The van der Waals surface area contributed by atoms with Crippen LogP contribution < -0.4 is 10.6 Å². The molecule has 0 aliphatic heterocycles. The van der Waals surface area contributed by atoms with Crippen LogP contribution >= 0.6 is 30.3 Å². The third kappa shape index (κ3) is 7.33. The summed E-state index contributed by atoms with van der Waals surface area (Å²) in [5, 5.41) is 15.3. The Morgan fingerprint density at radius 1 is 1.05 bits per heavy atom. The average molecular weight is 607 g/mol. The number of rotatable bonds is 11. The first-order valence-electron chi connectivity index (χ1n) is 12.2. The quantitative estimate of drug-likeness (QED) is 0.193. The van der Waals surface area contributed by atoms with Crippen molar-refractivity contribution in [1.29, 1.82) is 0 Å². The fraction of sp³-hybridized carbons (Fsp3) is 0.250. The number of carboxylic acids is 1. The van der Waals surface area contributed by atoms with Crippen molar-refractivity contribution in [2.45, 2.75) is 30.3 Å². The van der Waals surface area contributed by atoms with E-state index in [1.165, 1.54) is 12.1 Å². The summed E-state index contributed by atoms with van der Waals surface area (Å²) in [4.78, 5) is 15.2. The van der Waals surface area contributed by atoms with Crippen LogP contribution in [0.15, 0.2) is 71.8 Å². The second-order valence-electron chi connectivity index (χ2n) is 9.76. The molecule has 1 heterocycles. The smallest absolute Gasteiger partial charge is 0.321 e. The Bertz CT molecular complexity index is 1660. The molecule has 4 aromatic rings. The molecular weight excluding hydrogens is 578 g/mol. The van der Waals surface area contributed by atoms with Gasteiger partial charge in [0.15, 0.2) is 9.84 Å². The molecule has 4 rings (SSSR count). The Hall–Kier alpha value is -2.61. The molecule has 0 fully saturated rings. The van der Waals surface area contributed by atoms with Crippen molar-refractivity contribution in [3.63, 3.8) is 0 Å². The molecule has 0 amide bonds. The molecular formula is C28H29Cl2N2O5PS. The minimum Gasteiger partial charge on any atom is -0.480 e. The maximum absolute atomic E-state index is 13.5. The largest absolute Gasteiger partial charge is 0.480 e. The molecule has 1 unspecified atom stereocenters. The summed E-state index contributed by atoms with van der Waals surface area (Å²) in [6.45, 7) is 1.88. The summed E-state index contributed by atoms with van der Waals surface area (Å²) in [5.74, 6) is -1.08. The molecule has 7 nitrogen and oxygen atoms in total. The van der Waals surface area contributed by atoms with E-state index < -0.39 is 29.0 Å². The second kappa shape index (κ2) is 11.9. The zero-order valence-corrected chi connectivity index (χ0v) is 24.7. The molecule has 0 spiro atoms. The third-order valence-electron chi connectivity index (χ3n) is 6.70. The van der Waals surface area contributed by atoms with Gasteiger partial charge >= 0.3 is 5.97 Å². The van der Waals surface area contributed by atoms with Gasteiger partial charge in [0, 0.05) is 57.0 Å². The average Bonchev–Trinajstić information content (AvgIpc) is 3.34. The van der Waals surface area contributed by atoms with Crippen LogP contribution in [-0.4, -0.2) is 49.6 Å². The van der Waals surface area contributed by atoms with Crippen molar-refractivity contribution in [2.75, 3.05) is 19.1 Å². The Labute approximate surface area is 237 Å². The number of hydrogen-bond donors (Lipinski definition) is 3. The van der Waals surface area contributed by atoms with Crippen LogP contribution in [-0.2, 0) is 38.6 Å². The number of sulfone groups is 1. The van der Waals surface area contributed by atoms with Crippen molar-refractivity contribution in [3.05, 3.63) is 93.6 Å². The maximum Gasteiger partial charge on any atom is 0.321 e. The van der Waals surface area contributed by atoms with Gasteiger partial charge in [0.1, 0.15) is 13.2 Å². The number of carboxylic acid groups (broad SMARTS) is 1. The highest BCUT2D eigenvalue weighted by molar-refractivity contribution is 7.90. The first kappa shape index (κ1) is 29.4. The molecule has 11 heteroatoms. The monoisotopic (exact) mass is 606 g/mol. The molecule has 0 saturated heterocycles. The molecule has 2 atom stereocenters. The number of nitrogens with one attached hydrogen (secondary N) is 2. The minimum absolute atomic E-state index is 0.0757. The predicted octanol–water partition coefficient (Wildman–Crippen LogP) is 5.52. The number of benzene rings is 3. The highest BCUT2D eigenvalue weighted by Crippen LogP contribution is 2.41. The number of aryl methyl sites for hydroxylation is 1. The van der Waals surface area contributed by atoms with Crippen LogP contribution in [0.5, 0.6) is 0 Å². The van der Waals surface area contributed by atoms with E-state index >= 15 is 0 Å².